The zero-order chi connectivity index (χ0) is 13.1. The van der Waals surface area contributed by atoms with Crippen LogP contribution in [0, 0.1) is 5.92 Å². The molecule has 1 aliphatic heterocycles. The number of hydrogen-bond donors (Lipinski definition) is 1. The second kappa shape index (κ2) is 6.10. The summed E-state index contributed by atoms with van der Waals surface area (Å²) in [4.78, 5) is 7.10. The molecule has 0 saturated carbocycles. The molecule has 1 aliphatic rings. The van der Waals surface area contributed by atoms with Crippen molar-refractivity contribution in [1.29, 1.82) is 0 Å². The summed E-state index contributed by atoms with van der Waals surface area (Å²) in [5.41, 5.74) is 0.239. The summed E-state index contributed by atoms with van der Waals surface area (Å²) in [7, 11) is 4.22. The highest BCUT2D eigenvalue weighted by molar-refractivity contribution is 8.14. The lowest BCUT2D eigenvalue weighted by molar-refractivity contribution is 0.331. The Morgan fingerprint density at radius 1 is 1.47 bits per heavy atom. The maximum Gasteiger partial charge on any atom is 0.157 e. The van der Waals surface area contributed by atoms with Gasteiger partial charge in [0, 0.05) is 17.8 Å². The van der Waals surface area contributed by atoms with Gasteiger partial charge in [-0.25, -0.2) is 0 Å². The fraction of sp³-hybridized carbons (Fsp3) is 0.923. The van der Waals surface area contributed by atoms with E-state index in [4.69, 9.17) is 4.99 Å². The molecule has 1 heterocycles. The Morgan fingerprint density at radius 3 is 2.53 bits per heavy atom. The Bertz CT molecular complexity index is 276. The second-order valence-electron chi connectivity index (χ2n) is 5.84. The molecule has 0 spiro atoms. The largest absolute Gasteiger partial charge is 0.359 e. The lowest BCUT2D eigenvalue weighted by Crippen LogP contribution is -2.40. The van der Waals surface area contributed by atoms with Crippen LogP contribution in [0.3, 0.4) is 0 Å². The molecular weight excluding hydrogens is 230 g/mol. The maximum absolute atomic E-state index is 4.89. The fourth-order valence-electron chi connectivity index (χ4n) is 1.74. The first-order chi connectivity index (χ1) is 7.86. The van der Waals surface area contributed by atoms with Crippen molar-refractivity contribution in [2.75, 3.05) is 26.4 Å². The van der Waals surface area contributed by atoms with E-state index in [2.05, 4.69) is 52.0 Å². The summed E-state index contributed by atoms with van der Waals surface area (Å²) < 4.78 is 0. The highest BCUT2D eigenvalue weighted by Crippen LogP contribution is 2.26. The van der Waals surface area contributed by atoms with Crippen LogP contribution in [-0.4, -0.2) is 48.0 Å². The molecule has 0 aromatic rings. The molecule has 17 heavy (non-hydrogen) atoms. The van der Waals surface area contributed by atoms with Gasteiger partial charge >= 0.3 is 0 Å². The first kappa shape index (κ1) is 14.8. The van der Waals surface area contributed by atoms with Gasteiger partial charge < -0.3 is 10.2 Å². The summed E-state index contributed by atoms with van der Waals surface area (Å²) in [6, 6.07) is 0.388. The molecular formula is C13H27N3S. The Morgan fingerprint density at radius 2 is 2.12 bits per heavy atom. The highest BCUT2D eigenvalue weighted by atomic mass is 32.2. The maximum atomic E-state index is 4.89. The third kappa shape index (κ3) is 4.51. The molecule has 3 nitrogen and oxygen atoms in total. The van der Waals surface area contributed by atoms with E-state index in [0.717, 1.165) is 23.9 Å². The van der Waals surface area contributed by atoms with E-state index in [9.17, 15) is 0 Å². The van der Waals surface area contributed by atoms with Crippen LogP contribution in [0.15, 0.2) is 4.99 Å². The first-order valence-electron chi connectivity index (χ1n) is 6.50. The molecule has 0 bridgehead atoms. The fourth-order valence-corrected chi connectivity index (χ4v) is 3.00. The van der Waals surface area contributed by atoms with Gasteiger partial charge in [0.15, 0.2) is 5.17 Å². The minimum absolute atomic E-state index is 0.239. The smallest absolute Gasteiger partial charge is 0.157 e. The van der Waals surface area contributed by atoms with Gasteiger partial charge in [0.2, 0.25) is 0 Å². The van der Waals surface area contributed by atoms with E-state index in [-0.39, 0.29) is 5.54 Å². The summed E-state index contributed by atoms with van der Waals surface area (Å²) in [5.74, 6) is 1.72. The van der Waals surface area contributed by atoms with Gasteiger partial charge in [-0.2, -0.15) is 0 Å². The topological polar surface area (TPSA) is 27.6 Å². The lowest BCUT2D eigenvalue weighted by Gasteiger charge is -2.23. The molecule has 0 amide bonds. The number of nitrogens with one attached hydrogen (secondary N) is 1. The van der Waals surface area contributed by atoms with Crippen molar-refractivity contribution in [2.45, 2.75) is 45.7 Å². The van der Waals surface area contributed by atoms with Crippen LogP contribution in [0.5, 0.6) is 0 Å². The van der Waals surface area contributed by atoms with Gasteiger partial charge in [0.05, 0.1) is 6.04 Å². The Balaban J connectivity index is 2.66. The van der Waals surface area contributed by atoms with Crippen LogP contribution in [0.1, 0.15) is 34.1 Å². The Hall–Kier alpha value is -0.220. The van der Waals surface area contributed by atoms with Crippen LogP contribution < -0.4 is 5.32 Å². The third-order valence-corrected chi connectivity index (χ3v) is 4.58. The van der Waals surface area contributed by atoms with Gasteiger partial charge in [-0.05, 0) is 33.4 Å². The van der Waals surface area contributed by atoms with E-state index in [1.54, 1.807) is 0 Å². The van der Waals surface area contributed by atoms with Crippen molar-refractivity contribution in [1.82, 2.24) is 10.2 Å². The molecule has 0 aliphatic carbocycles. The molecule has 2 unspecified atom stereocenters. The first-order valence-corrected chi connectivity index (χ1v) is 7.48. The van der Waals surface area contributed by atoms with Crippen molar-refractivity contribution < 1.29 is 0 Å². The second-order valence-corrected chi connectivity index (χ2v) is 6.80. The summed E-state index contributed by atoms with van der Waals surface area (Å²) in [5, 5.41) is 4.70. The van der Waals surface area contributed by atoms with Crippen molar-refractivity contribution in [3.63, 3.8) is 0 Å². The van der Waals surface area contributed by atoms with Crippen molar-refractivity contribution in [3.05, 3.63) is 0 Å². The number of hydrogen-bond acceptors (Lipinski definition) is 3. The molecule has 2 atom stereocenters. The Kier molecular flexibility index (Phi) is 5.32. The molecule has 1 fully saturated rings. The van der Waals surface area contributed by atoms with Gasteiger partial charge in [0.25, 0.3) is 0 Å². The average Bonchev–Trinajstić information content (AvgIpc) is 2.59. The van der Waals surface area contributed by atoms with Crippen LogP contribution in [0.25, 0.3) is 0 Å². The number of thioether (sulfide) groups is 1. The zero-order valence-corrected chi connectivity index (χ0v) is 12.9. The van der Waals surface area contributed by atoms with Crippen molar-refractivity contribution in [2.24, 2.45) is 10.9 Å². The number of nitrogens with zero attached hydrogens (tertiary/aromatic N) is 2. The van der Waals surface area contributed by atoms with E-state index < -0.39 is 0 Å². The van der Waals surface area contributed by atoms with Crippen LogP contribution in [-0.2, 0) is 0 Å². The SMILES string of the molecule is CCC1(C)CSC(=NC(CN(C)C)C(C)C)N1. The van der Waals surface area contributed by atoms with Gasteiger partial charge in [-0.1, -0.05) is 32.5 Å². The van der Waals surface area contributed by atoms with Crippen molar-refractivity contribution in [3.8, 4) is 0 Å². The summed E-state index contributed by atoms with van der Waals surface area (Å²) in [6.45, 7) is 10.0. The number of likely N-dealkylation sites (N-methyl/N-ethyl adjacent to an activating group) is 1. The number of amidine groups is 1. The number of aliphatic imine (C=N–C) groups is 1. The monoisotopic (exact) mass is 257 g/mol. The molecule has 100 valence electrons. The standard InChI is InChI=1S/C13H27N3S/c1-7-13(4)9-17-12(15-13)14-11(10(2)3)8-16(5)6/h10-11H,7-9H2,1-6H3,(H,14,15). The van der Waals surface area contributed by atoms with E-state index >= 15 is 0 Å². The number of rotatable bonds is 5. The predicted octanol–water partition coefficient (Wildman–Crippen LogP) is 2.43. The Labute approximate surface area is 110 Å². The van der Waals surface area contributed by atoms with Gasteiger partial charge in [-0.3, -0.25) is 4.99 Å². The van der Waals surface area contributed by atoms with Gasteiger partial charge in [0.1, 0.15) is 0 Å². The minimum atomic E-state index is 0.239. The summed E-state index contributed by atoms with van der Waals surface area (Å²) >= 11 is 1.87. The molecule has 0 aromatic carbocycles. The normalized spacial score (nSPS) is 29.1. The highest BCUT2D eigenvalue weighted by Gasteiger charge is 2.31. The van der Waals surface area contributed by atoms with Crippen molar-refractivity contribution >= 4 is 16.9 Å². The van der Waals surface area contributed by atoms with E-state index in [1.165, 1.54) is 0 Å². The van der Waals surface area contributed by atoms with E-state index in [1.807, 2.05) is 11.8 Å². The molecule has 1 N–H and O–H groups in total. The van der Waals surface area contributed by atoms with Crippen LogP contribution in [0.2, 0.25) is 0 Å². The molecule has 1 saturated heterocycles. The zero-order valence-electron chi connectivity index (χ0n) is 12.1. The molecule has 0 radical (unpaired) electrons. The quantitative estimate of drug-likeness (QED) is 0.820. The minimum Gasteiger partial charge on any atom is -0.359 e. The molecule has 4 heteroatoms. The third-order valence-electron chi connectivity index (χ3n) is 3.32. The van der Waals surface area contributed by atoms with Crippen LogP contribution >= 0.6 is 11.8 Å². The van der Waals surface area contributed by atoms with Crippen LogP contribution in [0.4, 0.5) is 0 Å². The van der Waals surface area contributed by atoms with Gasteiger partial charge in [-0.15, -0.1) is 0 Å². The van der Waals surface area contributed by atoms with E-state index in [0.29, 0.717) is 12.0 Å². The molecule has 1 rings (SSSR count). The summed E-state index contributed by atoms with van der Waals surface area (Å²) in [6.07, 6.45) is 1.15. The lowest BCUT2D eigenvalue weighted by atomic mass is 10.0. The predicted molar refractivity (Wildman–Crippen MR) is 78.9 cm³/mol. The average molecular weight is 257 g/mol. The molecule has 0 aromatic heterocycles.